The molecule has 2 rings (SSSR count). The molecular weight excluding hydrogens is 314 g/mol. The minimum absolute atomic E-state index is 0.436. The number of ether oxygens (including phenoxy) is 2. The summed E-state index contributed by atoms with van der Waals surface area (Å²) in [6.45, 7) is 0.436. The molecule has 0 saturated heterocycles. The minimum Gasteiger partial charge on any atom is -0.493 e. The molecule has 3 N–H and O–H groups in total. The van der Waals surface area contributed by atoms with Crippen molar-refractivity contribution in [2.75, 3.05) is 24.9 Å². The van der Waals surface area contributed by atoms with Gasteiger partial charge < -0.3 is 15.2 Å². The average Bonchev–Trinajstić information content (AvgIpc) is 2.97. The Kier molecular flexibility index (Phi) is 6.20. The van der Waals surface area contributed by atoms with Crippen molar-refractivity contribution in [2.24, 2.45) is 5.10 Å². The van der Waals surface area contributed by atoms with Gasteiger partial charge in [0.05, 0.1) is 26.0 Å². The number of thiazole rings is 1. The maximum atomic E-state index is 8.57. The normalized spacial score (nSPS) is 10.4. The van der Waals surface area contributed by atoms with Gasteiger partial charge in [0.2, 0.25) is 5.13 Å². The maximum Gasteiger partial charge on any atom is 0.205 e. The van der Waals surface area contributed by atoms with Crippen LogP contribution in [0.25, 0.3) is 0 Å². The lowest BCUT2D eigenvalue weighted by atomic mass is 10.2. The van der Waals surface area contributed by atoms with Gasteiger partial charge in [0.15, 0.2) is 11.5 Å². The molecule has 0 spiro atoms. The van der Waals surface area contributed by atoms with E-state index in [4.69, 9.17) is 20.5 Å². The van der Waals surface area contributed by atoms with Gasteiger partial charge in [-0.2, -0.15) is 10.4 Å². The van der Waals surface area contributed by atoms with Crippen molar-refractivity contribution < 1.29 is 9.47 Å². The van der Waals surface area contributed by atoms with E-state index in [1.54, 1.807) is 18.7 Å². The highest BCUT2D eigenvalue weighted by atomic mass is 32.1. The fraction of sp³-hybridized carbons (Fsp3) is 0.267. The molecule has 1 aromatic heterocycles. The third kappa shape index (κ3) is 4.86. The number of benzene rings is 1. The SMILES string of the molecule is COc1cccc(C=NNc2nc(N)cs2)c1OCCCC#N. The average molecular weight is 331 g/mol. The molecule has 0 fully saturated rings. The van der Waals surface area contributed by atoms with Gasteiger partial charge in [-0.25, -0.2) is 4.98 Å². The second kappa shape index (κ2) is 8.60. The zero-order valence-electron chi connectivity index (χ0n) is 12.7. The van der Waals surface area contributed by atoms with Gasteiger partial charge in [-0.1, -0.05) is 6.07 Å². The molecule has 0 atom stereocenters. The zero-order valence-corrected chi connectivity index (χ0v) is 13.5. The van der Waals surface area contributed by atoms with Gasteiger partial charge >= 0.3 is 0 Å². The summed E-state index contributed by atoms with van der Waals surface area (Å²) in [5.41, 5.74) is 9.13. The molecule has 7 nitrogen and oxygen atoms in total. The number of aromatic nitrogens is 1. The van der Waals surface area contributed by atoms with Crippen LogP contribution in [0.1, 0.15) is 18.4 Å². The van der Waals surface area contributed by atoms with Crippen molar-refractivity contribution in [1.82, 2.24) is 4.98 Å². The van der Waals surface area contributed by atoms with Gasteiger partial charge in [-0.15, -0.1) is 11.3 Å². The van der Waals surface area contributed by atoms with E-state index in [1.165, 1.54) is 11.3 Å². The van der Waals surface area contributed by atoms with E-state index in [-0.39, 0.29) is 0 Å². The molecular formula is C15H17N5O2S. The van der Waals surface area contributed by atoms with Gasteiger partial charge in [0, 0.05) is 17.4 Å². The van der Waals surface area contributed by atoms with Gasteiger partial charge in [-0.05, 0) is 18.6 Å². The smallest absolute Gasteiger partial charge is 0.205 e. The Morgan fingerprint density at radius 1 is 1.52 bits per heavy atom. The first-order valence-corrected chi connectivity index (χ1v) is 7.79. The van der Waals surface area contributed by atoms with Crippen LogP contribution in [-0.4, -0.2) is 24.9 Å². The van der Waals surface area contributed by atoms with Crippen LogP contribution in [0.4, 0.5) is 10.9 Å². The van der Waals surface area contributed by atoms with Crippen LogP contribution in [0, 0.1) is 11.3 Å². The van der Waals surface area contributed by atoms with Gasteiger partial charge in [0.1, 0.15) is 5.82 Å². The van der Waals surface area contributed by atoms with Crippen LogP contribution in [-0.2, 0) is 0 Å². The standard InChI is InChI=1S/C15H17N5O2S/c1-21-12-6-4-5-11(14(12)22-8-3-2-7-16)9-18-20-15-19-13(17)10-23-15/h4-6,9-10H,2-3,8,17H2,1H3,(H,19,20). The molecule has 0 amide bonds. The number of hydrogen-bond acceptors (Lipinski definition) is 8. The fourth-order valence-corrected chi connectivity index (χ4v) is 2.32. The lowest BCUT2D eigenvalue weighted by Gasteiger charge is -2.12. The quantitative estimate of drug-likeness (QED) is 0.438. The number of anilines is 2. The van der Waals surface area contributed by atoms with E-state index in [0.29, 0.717) is 41.9 Å². The Hall–Kier alpha value is -2.79. The Balaban J connectivity index is 2.08. The molecule has 0 aliphatic carbocycles. The molecule has 0 unspecified atom stereocenters. The number of nitrogens with two attached hydrogens (primary N) is 1. The molecule has 23 heavy (non-hydrogen) atoms. The summed E-state index contributed by atoms with van der Waals surface area (Å²) in [5.74, 6) is 1.66. The van der Waals surface area contributed by atoms with Crippen LogP contribution in [0.15, 0.2) is 28.7 Å². The van der Waals surface area contributed by atoms with Crippen molar-refractivity contribution in [1.29, 1.82) is 5.26 Å². The number of nitriles is 1. The van der Waals surface area contributed by atoms with Crippen molar-refractivity contribution in [3.8, 4) is 17.6 Å². The van der Waals surface area contributed by atoms with Crippen LogP contribution in [0.5, 0.6) is 11.5 Å². The van der Waals surface area contributed by atoms with Crippen LogP contribution >= 0.6 is 11.3 Å². The minimum atomic E-state index is 0.436. The Bertz CT molecular complexity index is 708. The highest BCUT2D eigenvalue weighted by Gasteiger charge is 2.09. The Morgan fingerprint density at radius 3 is 3.09 bits per heavy atom. The summed E-state index contributed by atoms with van der Waals surface area (Å²) in [5, 5.41) is 15.0. The second-order valence-corrected chi connectivity index (χ2v) is 5.29. The van der Waals surface area contributed by atoms with Crippen LogP contribution in [0.2, 0.25) is 0 Å². The molecule has 0 aliphatic rings. The number of para-hydroxylation sites is 1. The first kappa shape index (κ1) is 16.6. The highest BCUT2D eigenvalue weighted by Crippen LogP contribution is 2.30. The molecule has 0 saturated carbocycles. The number of hydrazone groups is 1. The number of methoxy groups -OCH3 is 1. The van der Waals surface area contributed by atoms with Gasteiger partial charge in [0.25, 0.3) is 0 Å². The number of unbranched alkanes of at least 4 members (excludes halogenated alkanes) is 1. The van der Waals surface area contributed by atoms with E-state index < -0.39 is 0 Å². The first-order valence-electron chi connectivity index (χ1n) is 6.91. The summed E-state index contributed by atoms with van der Waals surface area (Å²) in [4.78, 5) is 4.05. The highest BCUT2D eigenvalue weighted by molar-refractivity contribution is 7.14. The maximum absolute atomic E-state index is 8.57. The summed E-state index contributed by atoms with van der Waals surface area (Å²) in [7, 11) is 1.58. The number of nitrogens with zero attached hydrogens (tertiary/aromatic N) is 3. The van der Waals surface area contributed by atoms with Gasteiger partial charge in [-0.3, -0.25) is 5.43 Å². The third-order valence-corrected chi connectivity index (χ3v) is 3.56. The summed E-state index contributed by atoms with van der Waals surface area (Å²) in [6, 6.07) is 7.61. The van der Waals surface area contributed by atoms with Crippen molar-refractivity contribution in [3.05, 3.63) is 29.1 Å². The lowest BCUT2D eigenvalue weighted by molar-refractivity contribution is 0.290. The molecule has 2 aromatic rings. The lowest BCUT2D eigenvalue weighted by Crippen LogP contribution is -2.02. The fourth-order valence-electron chi connectivity index (χ4n) is 1.77. The number of nitrogen functional groups attached to an aromatic ring is 1. The van der Waals surface area contributed by atoms with Crippen molar-refractivity contribution in [3.63, 3.8) is 0 Å². The number of rotatable bonds is 8. The Morgan fingerprint density at radius 2 is 2.39 bits per heavy atom. The summed E-state index contributed by atoms with van der Waals surface area (Å²) < 4.78 is 11.1. The van der Waals surface area contributed by atoms with E-state index in [0.717, 1.165) is 5.56 Å². The van der Waals surface area contributed by atoms with E-state index in [2.05, 4.69) is 21.6 Å². The molecule has 8 heteroatoms. The third-order valence-electron chi connectivity index (χ3n) is 2.79. The van der Waals surface area contributed by atoms with Crippen LogP contribution < -0.4 is 20.6 Å². The second-order valence-electron chi connectivity index (χ2n) is 4.44. The molecule has 1 aromatic carbocycles. The topological polar surface area (TPSA) is 106 Å². The Labute approximate surface area is 138 Å². The van der Waals surface area contributed by atoms with E-state index in [1.807, 2.05) is 18.2 Å². The zero-order chi connectivity index (χ0) is 16.5. The first-order chi connectivity index (χ1) is 11.2. The molecule has 0 aliphatic heterocycles. The largest absolute Gasteiger partial charge is 0.493 e. The van der Waals surface area contributed by atoms with E-state index in [9.17, 15) is 0 Å². The van der Waals surface area contributed by atoms with E-state index >= 15 is 0 Å². The predicted octanol–water partition coefficient (Wildman–Crippen LogP) is 2.86. The summed E-state index contributed by atoms with van der Waals surface area (Å²) in [6.07, 6.45) is 2.73. The number of nitrogens with one attached hydrogen (secondary N) is 1. The summed E-state index contributed by atoms with van der Waals surface area (Å²) >= 11 is 1.37. The van der Waals surface area contributed by atoms with Crippen molar-refractivity contribution in [2.45, 2.75) is 12.8 Å². The number of hydrogen-bond donors (Lipinski definition) is 2. The predicted molar refractivity (Wildman–Crippen MR) is 91.1 cm³/mol. The molecule has 0 bridgehead atoms. The molecule has 0 radical (unpaired) electrons. The monoisotopic (exact) mass is 331 g/mol. The molecule has 120 valence electrons. The van der Waals surface area contributed by atoms with Crippen LogP contribution in [0.3, 0.4) is 0 Å². The molecule has 1 heterocycles. The van der Waals surface area contributed by atoms with Crippen molar-refractivity contribution >= 4 is 28.5 Å².